The molecule has 4 heterocycles. The number of amides is 1. The lowest BCUT2D eigenvalue weighted by atomic mass is 9.84. The second-order valence-electron chi connectivity index (χ2n) is 9.90. The summed E-state index contributed by atoms with van der Waals surface area (Å²) in [6.45, 7) is 9.93. The fraction of sp³-hybridized carbons (Fsp3) is 0.480. The van der Waals surface area contributed by atoms with Gasteiger partial charge in [-0.3, -0.25) is 0 Å². The second-order valence-corrected chi connectivity index (χ2v) is 10.8. The van der Waals surface area contributed by atoms with Crippen LogP contribution in [0.1, 0.15) is 26.3 Å². The molecule has 8 heteroatoms. The van der Waals surface area contributed by atoms with E-state index in [4.69, 9.17) is 14.2 Å². The SMILES string of the molecule is Cc1ccc(-c2csc3c(OC4C5COCC4CN(C(=O)OC(C)(C)C)C5)ncnc23)cc1. The average molecular weight is 468 g/mol. The Morgan fingerprint density at radius 1 is 1.12 bits per heavy atom. The number of nitrogens with zero attached hydrogens (tertiary/aromatic N) is 3. The summed E-state index contributed by atoms with van der Waals surface area (Å²) < 4.78 is 18.9. The number of likely N-dealkylation sites (tertiary alicyclic amines) is 1. The van der Waals surface area contributed by atoms with Crippen LogP contribution in [0, 0.1) is 18.8 Å². The van der Waals surface area contributed by atoms with Gasteiger partial charge in [0.15, 0.2) is 0 Å². The molecule has 0 aliphatic carbocycles. The van der Waals surface area contributed by atoms with E-state index in [2.05, 4.69) is 46.5 Å². The zero-order valence-corrected chi connectivity index (χ0v) is 20.2. The van der Waals surface area contributed by atoms with Gasteiger partial charge in [0.25, 0.3) is 0 Å². The number of fused-ring (bicyclic) bond motifs is 3. The van der Waals surface area contributed by atoms with Gasteiger partial charge in [0, 0.05) is 35.9 Å². The van der Waals surface area contributed by atoms with Gasteiger partial charge < -0.3 is 19.1 Å². The number of ether oxygens (including phenoxy) is 3. The first-order chi connectivity index (χ1) is 15.8. The number of aryl methyl sites for hydroxylation is 1. The highest BCUT2D eigenvalue weighted by Crippen LogP contribution is 2.39. The molecule has 2 saturated heterocycles. The first kappa shape index (κ1) is 22.1. The lowest BCUT2D eigenvalue weighted by molar-refractivity contribution is -0.112. The molecule has 2 atom stereocenters. The third-order valence-corrected chi connectivity index (χ3v) is 7.04. The lowest BCUT2D eigenvalue weighted by Gasteiger charge is -2.46. The minimum Gasteiger partial charge on any atom is -0.472 e. The van der Waals surface area contributed by atoms with Gasteiger partial charge in [0.05, 0.1) is 18.7 Å². The number of carbonyl (C=O) groups excluding carboxylic acids is 1. The van der Waals surface area contributed by atoms with E-state index in [-0.39, 0.29) is 24.0 Å². The Balaban J connectivity index is 1.38. The van der Waals surface area contributed by atoms with Crippen molar-refractivity contribution in [2.24, 2.45) is 11.8 Å². The van der Waals surface area contributed by atoms with Gasteiger partial charge in [-0.1, -0.05) is 29.8 Å². The lowest BCUT2D eigenvalue weighted by Crippen LogP contribution is -2.59. The van der Waals surface area contributed by atoms with Gasteiger partial charge in [0.1, 0.15) is 22.7 Å². The first-order valence-electron chi connectivity index (χ1n) is 11.3. The Labute approximate surface area is 197 Å². The molecular formula is C25H29N3O4S. The van der Waals surface area contributed by atoms with E-state index in [1.807, 2.05) is 20.8 Å². The molecule has 0 saturated carbocycles. The maximum absolute atomic E-state index is 12.6. The Hall–Kier alpha value is -2.71. The fourth-order valence-electron chi connectivity index (χ4n) is 4.55. The summed E-state index contributed by atoms with van der Waals surface area (Å²) >= 11 is 1.60. The number of hydrogen-bond donors (Lipinski definition) is 0. The van der Waals surface area contributed by atoms with Crippen molar-refractivity contribution in [3.63, 3.8) is 0 Å². The summed E-state index contributed by atoms with van der Waals surface area (Å²) in [6.07, 6.45) is 1.23. The number of thiophene rings is 1. The summed E-state index contributed by atoms with van der Waals surface area (Å²) in [6, 6.07) is 8.45. The van der Waals surface area contributed by atoms with Crippen molar-refractivity contribution < 1.29 is 19.0 Å². The molecule has 0 spiro atoms. The summed E-state index contributed by atoms with van der Waals surface area (Å²) in [4.78, 5) is 23.5. The van der Waals surface area contributed by atoms with Crippen LogP contribution in [-0.4, -0.2) is 59.0 Å². The summed E-state index contributed by atoms with van der Waals surface area (Å²) in [5.41, 5.74) is 3.83. The van der Waals surface area contributed by atoms with Gasteiger partial charge in [-0.25, -0.2) is 14.8 Å². The van der Waals surface area contributed by atoms with Crippen molar-refractivity contribution in [3.05, 3.63) is 41.5 Å². The monoisotopic (exact) mass is 467 g/mol. The van der Waals surface area contributed by atoms with Gasteiger partial charge in [-0.2, -0.15) is 0 Å². The average Bonchev–Trinajstić information content (AvgIpc) is 3.18. The van der Waals surface area contributed by atoms with E-state index < -0.39 is 5.60 Å². The number of rotatable bonds is 3. The first-order valence-corrected chi connectivity index (χ1v) is 12.2. The van der Waals surface area contributed by atoms with Crippen LogP contribution in [0.15, 0.2) is 36.0 Å². The van der Waals surface area contributed by atoms with Crippen LogP contribution in [0.2, 0.25) is 0 Å². The molecule has 7 nitrogen and oxygen atoms in total. The standard InChI is InChI=1S/C25H29N3O4S/c1-15-5-7-16(8-6-15)19-13-33-22-20(19)26-14-27-23(22)31-21-17-9-28(10-18(21)12-30-11-17)24(29)32-25(2,3)4/h5-8,13-14,17-18,21H,9-12H2,1-4H3. The molecule has 1 aromatic carbocycles. The van der Waals surface area contributed by atoms with Crippen molar-refractivity contribution in [1.82, 2.24) is 14.9 Å². The number of hydrogen-bond acceptors (Lipinski definition) is 7. The van der Waals surface area contributed by atoms with Crippen LogP contribution in [0.5, 0.6) is 5.88 Å². The van der Waals surface area contributed by atoms with E-state index in [0.717, 1.165) is 21.3 Å². The Bertz CT molecular complexity index is 1140. The summed E-state index contributed by atoms with van der Waals surface area (Å²) in [5.74, 6) is 0.731. The van der Waals surface area contributed by atoms with Gasteiger partial charge in [0.2, 0.25) is 5.88 Å². The third kappa shape index (κ3) is 4.54. The predicted molar refractivity (Wildman–Crippen MR) is 128 cm³/mol. The largest absolute Gasteiger partial charge is 0.472 e. The van der Waals surface area contributed by atoms with E-state index in [0.29, 0.717) is 32.2 Å². The zero-order chi connectivity index (χ0) is 23.2. The molecular weight excluding hydrogens is 438 g/mol. The van der Waals surface area contributed by atoms with Gasteiger partial charge in [-0.05, 0) is 33.3 Å². The van der Waals surface area contributed by atoms with Crippen molar-refractivity contribution in [1.29, 1.82) is 0 Å². The normalized spacial score (nSPS) is 22.9. The molecule has 0 N–H and O–H groups in total. The highest BCUT2D eigenvalue weighted by Gasteiger charge is 2.44. The topological polar surface area (TPSA) is 73.8 Å². The zero-order valence-electron chi connectivity index (χ0n) is 19.4. The van der Waals surface area contributed by atoms with E-state index >= 15 is 0 Å². The molecule has 3 aromatic rings. The summed E-state index contributed by atoms with van der Waals surface area (Å²) in [5, 5.41) is 2.12. The van der Waals surface area contributed by atoms with Crippen LogP contribution in [0.3, 0.4) is 0 Å². The number of carbonyl (C=O) groups is 1. The minimum atomic E-state index is -0.517. The van der Waals surface area contributed by atoms with E-state index in [1.165, 1.54) is 5.56 Å². The van der Waals surface area contributed by atoms with Crippen molar-refractivity contribution in [2.75, 3.05) is 26.3 Å². The van der Waals surface area contributed by atoms with Crippen molar-refractivity contribution >= 4 is 27.6 Å². The molecule has 1 amide bonds. The molecule has 2 aliphatic rings. The number of aromatic nitrogens is 2. The number of benzene rings is 1. The van der Waals surface area contributed by atoms with Crippen molar-refractivity contribution in [2.45, 2.75) is 39.4 Å². The Morgan fingerprint density at radius 3 is 2.48 bits per heavy atom. The second kappa shape index (κ2) is 8.57. The van der Waals surface area contributed by atoms with Crippen LogP contribution in [0.25, 0.3) is 21.3 Å². The van der Waals surface area contributed by atoms with Gasteiger partial charge in [-0.15, -0.1) is 11.3 Å². The quantitative estimate of drug-likeness (QED) is 0.544. The predicted octanol–water partition coefficient (Wildman–Crippen LogP) is 4.93. The molecule has 2 aliphatic heterocycles. The third-order valence-electron chi connectivity index (χ3n) is 6.09. The minimum absolute atomic E-state index is 0.0616. The van der Waals surface area contributed by atoms with E-state index in [1.54, 1.807) is 22.6 Å². The maximum Gasteiger partial charge on any atom is 0.410 e. The van der Waals surface area contributed by atoms with Crippen LogP contribution >= 0.6 is 11.3 Å². The van der Waals surface area contributed by atoms with Crippen LogP contribution in [0.4, 0.5) is 4.79 Å². The van der Waals surface area contributed by atoms with Crippen LogP contribution in [-0.2, 0) is 9.47 Å². The molecule has 174 valence electrons. The van der Waals surface area contributed by atoms with Crippen LogP contribution < -0.4 is 4.74 Å². The molecule has 2 unspecified atom stereocenters. The van der Waals surface area contributed by atoms with Crippen molar-refractivity contribution in [3.8, 4) is 17.0 Å². The van der Waals surface area contributed by atoms with E-state index in [9.17, 15) is 4.79 Å². The molecule has 2 fully saturated rings. The molecule has 2 aromatic heterocycles. The number of piperidine rings is 1. The highest BCUT2D eigenvalue weighted by atomic mass is 32.1. The molecule has 33 heavy (non-hydrogen) atoms. The fourth-order valence-corrected chi connectivity index (χ4v) is 5.51. The smallest absolute Gasteiger partial charge is 0.410 e. The maximum atomic E-state index is 12.6. The molecule has 5 rings (SSSR count). The Kier molecular flexibility index (Phi) is 5.74. The Morgan fingerprint density at radius 2 is 1.82 bits per heavy atom. The highest BCUT2D eigenvalue weighted by molar-refractivity contribution is 7.18. The molecule has 2 bridgehead atoms. The van der Waals surface area contributed by atoms with Gasteiger partial charge >= 0.3 is 6.09 Å². The molecule has 0 radical (unpaired) electrons. The summed E-state index contributed by atoms with van der Waals surface area (Å²) in [7, 11) is 0.